The van der Waals surface area contributed by atoms with Crippen molar-refractivity contribution in [1.29, 1.82) is 0 Å². The van der Waals surface area contributed by atoms with Crippen molar-refractivity contribution in [2.45, 2.75) is 38.9 Å². The number of hydrogen-bond acceptors (Lipinski definition) is 4. The van der Waals surface area contributed by atoms with Gasteiger partial charge in [-0.2, -0.15) is 0 Å². The van der Waals surface area contributed by atoms with Gasteiger partial charge in [-0.15, -0.1) is 0 Å². The van der Waals surface area contributed by atoms with E-state index in [2.05, 4.69) is 9.97 Å². The molecule has 0 aromatic carbocycles. The molecule has 0 amide bonds. The molecule has 84 valence electrons. The van der Waals surface area contributed by atoms with Crippen LogP contribution in [0.1, 0.15) is 37.7 Å². The summed E-state index contributed by atoms with van der Waals surface area (Å²) in [6.07, 6.45) is 2.88. The fraction of sp³-hybridized carbons (Fsp3) is 0.600. The Morgan fingerprint density at radius 2 is 2.40 bits per heavy atom. The lowest BCUT2D eigenvalue weighted by Crippen LogP contribution is -2.27. The number of nitrogens with one attached hydrogen (secondary N) is 1. The molecule has 1 unspecified atom stereocenters. The third-order valence-corrected chi connectivity index (χ3v) is 1.81. The van der Waals surface area contributed by atoms with E-state index >= 15 is 0 Å². The first kappa shape index (κ1) is 11.7. The molecular weight excluding hydrogens is 196 g/mol. The van der Waals surface area contributed by atoms with Crippen LogP contribution in [0.2, 0.25) is 0 Å². The van der Waals surface area contributed by atoms with Gasteiger partial charge >= 0.3 is 5.97 Å². The molecule has 2 N–H and O–H groups in total. The second-order valence-electron chi connectivity index (χ2n) is 4.20. The molecule has 5 nitrogen and oxygen atoms in total. The highest BCUT2D eigenvalue weighted by atomic mass is 16.5. The Bertz CT molecular complexity index is 314. The molecule has 0 aliphatic rings. The van der Waals surface area contributed by atoms with Crippen LogP contribution in [0.5, 0.6) is 0 Å². The molecule has 0 aliphatic carbocycles. The fourth-order valence-electron chi connectivity index (χ4n) is 1.36. The van der Waals surface area contributed by atoms with Crippen LogP contribution in [0.25, 0.3) is 0 Å². The SMILES string of the molecule is CC(CC(C)(C)O)OC(=O)c1cnc[nH]1. The average Bonchev–Trinajstić information content (AvgIpc) is 2.50. The van der Waals surface area contributed by atoms with Crippen molar-refractivity contribution >= 4 is 5.97 Å². The first-order valence-corrected chi connectivity index (χ1v) is 4.80. The maximum atomic E-state index is 11.4. The van der Waals surface area contributed by atoms with E-state index in [1.807, 2.05) is 0 Å². The fourth-order valence-corrected chi connectivity index (χ4v) is 1.36. The third kappa shape index (κ3) is 4.12. The Balaban J connectivity index is 2.45. The monoisotopic (exact) mass is 212 g/mol. The Morgan fingerprint density at radius 1 is 1.73 bits per heavy atom. The number of H-pyrrole nitrogens is 1. The van der Waals surface area contributed by atoms with Crippen molar-refractivity contribution < 1.29 is 14.6 Å². The minimum atomic E-state index is -0.840. The van der Waals surface area contributed by atoms with Gasteiger partial charge in [0.05, 0.1) is 18.1 Å². The van der Waals surface area contributed by atoms with E-state index in [-0.39, 0.29) is 6.10 Å². The Morgan fingerprint density at radius 3 is 2.87 bits per heavy atom. The standard InChI is InChI=1S/C10H16N2O3/c1-7(4-10(2,3)14)15-9(13)8-5-11-6-12-8/h5-7,14H,4H2,1-3H3,(H,11,12). The lowest BCUT2D eigenvalue weighted by atomic mass is 10.0. The summed E-state index contributed by atoms with van der Waals surface area (Å²) in [4.78, 5) is 17.8. The number of aromatic amines is 1. The van der Waals surface area contributed by atoms with Gasteiger partial charge in [0.2, 0.25) is 0 Å². The first-order valence-electron chi connectivity index (χ1n) is 4.80. The molecule has 0 bridgehead atoms. The number of ether oxygens (including phenoxy) is 1. The van der Waals surface area contributed by atoms with E-state index in [0.29, 0.717) is 12.1 Å². The molecule has 0 radical (unpaired) electrons. The highest BCUT2D eigenvalue weighted by molar-refractivity contribution is 5.86. The molecule has 0 saturated heterocycles. The highest BCUT2D eigenvalue weighted by Crippen LogP contribution is 2.13. The number of hydrogen-bond donors (Lipinski definition) is 2. The first-order chi connectivity index (χ1) is 6.88. The summed E-state index contributed by atoms with van der Waals surface area (Å²) in [5.41, 5.74) is -0.522. The van der Waals surface area contributed by atoms with Gasteiger partial charge in [-0.25, -0.2) is 9.78 Å². The van der Waals surface area contributed by atoms with E-state index < -0.39 is 11.6 Å². The van der Waals surface area contributed by atoms with Crippen LogP contribution in [-0.2, 0) is 4.74 Å². The van der Waals surface area contributed by atoms with Gasteiger partial charge in [0.25, 0.3) is 0 Å². The Labute approximate surface area is 88.5 Å². The van der Waals surface area contributed by atoms with Gasteiger partial charge < -0.3 is 14.8 Å². The van der Waals surface area contributed by atoms with E-state index in [9.17, 15) is 9.90 Å². The summed E-state index contributed by atoms with van der Waals surface area (Å²) >= 11 is 0. The molecule has 15 heavy (non-hydrogen) atoms. The molecule has 0 spiro atoms. The minimum Gasteiger partial charge on any atom is -0.458 e. The molecular formula is C10H16N2O3. The van der Waals surface area contributed by atoms with Crippen molar-refractivity contribution in [1.82, 2.24) is 9.97 Å². The predicted molar refractivity (Wildman–Crippen MR) is 54.4 cm³/mol. The summed E-state index contributed by atoms with van der Waals surface area (Å²) in [6.45, 7) is 5.09. The number of carbonyl (C=O) groups excluding carboxylic acids is 1. The predicted octanol–water partition coefficient (Wildman–Crippen LogP) is 1.12. The number of aliphatic hydroxyl groups is 1. The molecule has 1 heterocycles. The second-order valence-corrected chi connectivity index (χ2v) is 4.20. The summed E-state index contributed by atoms with van der Waals surface area (Å²) in [5, 5.41) is 9.52. The maximum Gasteiger partial charge on any atom is 0.356 e. The largest absolute Gasteiger partial charge is 0.458 e. The molecule has 5 heteroatoms. The average molecular weight is 212 g/mol. The summed E-state index contributed by atoms with van der Waals surface area (Å²) in [7, 11) is 0. The molecule has 1 aromatic heterocycles. The molecule has 1 rings (SSSR count). The number of carbonyl (C=O) groups is 1. The summed E-state index contributed by atoms with van der Waals surface area (Å²) < 4.78 is 5.10. The normalized spacial score (nSPS) is 13.6. The van der Waals surface area contributed by atoms with Crippen molar-refractivity contribution in [3.63, 3.8) is 0 Å². The number of esters is 1. The third-order valence-electron chi connectivity index (χ3n) is 1.81. The zero-order valence-electron chi connectivity index (χ0n) is 9.15. The van der Waals surface area contributed by atoms with E-state index in [1.54, 1.807) is 20.8 Å². The second kappa shape index (κ2) is 4.44. The van der Waals surface area contributed by atoms with Crippen molar-refractivity contribution in [2.75, 3.05) is 0 Å². The summed E-state index contributed by atoms with van der Waals surface area (Å²) in [5.74, 6) is -0.454. The minimum absolute atomic E-state index is 0.317. The van der Waals surface area contributed by atoms with Crippen LogP contribution in [0.4, 0.5) is 0 Å². The van der Waals surface area contributed by atoms with Crippen LogP contribution in [0.3, 0.4) is 0 Å². The molecule has 1 atom stereocenters. The highest BCUT2D eigenvalue weighted by Gasteiger charge is 2.20. The number of rotatable bonds is 4. The number of aromatic nitrogens is 2. The van der Waals surface area contributed by atoms with Gasteiger partial charge in [0.15, 0.2) is 0 Å². The van der Waals surface area contributed by atoms with Crippen LogP contribution >= 0.6 is 0 Å². The van der Waals surface area contributed by atoms with Gasteiger partial charge in [0, 0.05) is 6.42 Å². The molecule has 1 aromatic rings. The lowest BCUT2D eigenvalue weighted by Gasteiger charge is -2.21. The molecule has 0 fully saturated rings. The van der Waals surface area contributed by atoms with E-state index in [0.717, 1.165) is 0 Å². The number of nitrogens with zero attached hydrogens (tertiary/aromatic N) is 1. The lowest BCUT2D eigenvalue weighted by molar-refractivity contribution is -0.00285. The van der Waals surface area contributed by atoms with Gasteiger partial charge in [0.1, 0.15) is 11.8 Å². The Hall–Kier alpha value is -1.36. The van der Waals surface area contributed by atoms with Crippen LogP contribution in [0, 0.1) is 0 Å². The van der Waals surface area contributed by atoms with Gasteiger partial charge in [-0.3, -0.25) is 0 Å². The van der Waals surface area contributed by atoms with Crippen molar-refractivity contribution in [2.24, 2.45) is 0 Å². The summed E-state index contributed by atoms with van der Waals surface area (Å²) in [6, 6.07) is 0. The van der Waals surface area contributed by atoms with Crippen LogP contribution in [0.15, 0.2) is 12.5 Å². The molecule has 0 saturated carbocycles. The number of imidazole rings is 1. The van der Waals surface area contributed by atoms with E-state index in [1.165, 1.54) is 12.5 Å². The van der Waals surface area contributed by atoms with Gasteiger partial charge in [-0.05, 0) is 20.8 Å². The van der Waals surface area contributed by atoms with Crippen LogP contribution in [-0.4, -0.2) is 32.7 Å². The quantitative estimate of drug-likeness (QED) is 0.733. The van der Waals surface area contributed by atoms with Gasteiger partial charge in [-0.1, -0.05) is 0 Å². The van der Waals surface area contributed by atoms with Crippen LogP contribution < -0.4 is 0 Å². The molecule has 0 aliphatic heterocycles. The zero-order valence-corrected chi connectivity index (χ0v) is 9.15. The van der Waals surface area contributed by atoms with Crippen molar-refractivity contribution in [3.8, 4) is 0 Å². The van der Waals surface area contributed by atoms with E-state index in [4.69, 9.17) is 4.74 Å². The smallest absolute Gasteiger partial charge is 0.356 e. The topological polar surface area (TPSA) is 75.2 Å². The zero-order chi connectivity index (χ0) is 11.5. The Kier molecular flexibility index (Phi) is 3.47. The maximum absolute atomic E-state index is 11.4. The van der Waals surface area contributed by atoms with Crippen molar-refractivity contribution in [3.05, 3.63) is 18.2 Å².